The van der Waals surface area contributed by atoms with Crippen LogP contribution in [0.2, 0.25) is 0 Å². The van der Waals surface area contributed by atoms with E-state index < -0.39 is 0 Å². The van der Waals surface area contributed by atoms with E-state index in [2.05, 4.69) is 45.9 Å². The highest BCUT2D eigenvalue weighted by Crippen LogP contribution is 2.11. The number of nitrogens with zero attached hydrogens (tertiary/aromatic N) is 5. The van der Waals surface area contributed by atoms with E-state index in [1.165, 1.54) is 25.9 Å². The Balaban J connectivity index is 1.95. The third-order valence-corrected chi connectivity index (χ3v) is 3.79. The lowest BCUT2D eigenvalue weighted by atomic mass is 10.2. The van der Waals surface area contributed by atoms with Crippen molar-refractivity contribution in [2.45, 2.75) is 39.5 Å². The summed E-state index contributed by atoms with van der Waals surface area (Å²) in [4.78, 5) is 9.26. The van der Waals surface area contributed by atoms with Crippen LogP contribution in [-0.2, 0) is 12.8 Å². The van der Waals surface area contributed by atoms with Crippen LogP contribution in [0.25, 0.3) is 0 Å². The van der Waals surface area contributed by atoms with Gasteiger partial charge < -0.3 is 9.80 Å². The first-order valence-electron chi connectivity index (χ1n) is 7.40. The van der Waals surface area contributed by atoms with Crippen molar-refractivity contribution >= 4 is 5.95 Å². The molecule has 0 N–H and O–H groups in total. The maximum Gasteiger partial charge on any atom is 0.245 e. The molecule has 1 saturated heterocycles. The molecule has 1 aliphatic rings. The standard InChI is InChI=1S/C14H25N5/c1-4-12-13(5-2)16-17-14(15-12)18(3)10-11-19-8-6-7-9-19/h4-11H2,1-3H3. The molecule has 1 aromatic rings. The molecule has 0 atom stereocenters. The van der Waals surface area contributed by atoms with Crippen molar-refractivity contribution < 1.29 is 0 Å². The Morgan fingerprint density at radius 2 is 1.74 bits per heavy atom. The molecule has 1 fully saturated rings. The first kappa shape index (κ1) is 14.2. The van der Waals surface area contributed by atoms with Crippen LogP contribution in [0.3, 0.4) is 0 Å². The zero-order chi connectivity index (χ0) is 13.7. The van der Waals surface area contributed by atoms with Gasteiger partial charge in [0.15, 0.2) is 0 Å². The topological polar surface area (TPSA) is 45.2 Å². The lowest BCUT2D eigenvalue weighted by Crippen LogP contribution is -2.32. The zero-order valence-corrected chi connectivity index (χ0v) is 12.4. The third kappa shape index (κ3) is 3.62. The Morgan fingerprint density at radius 3 is 2.37 bits per heavy atom. The molecule has 2 rings (SSSR count). The van der Waals surface area contributed by atoms with Gasteiger partial charge in [-0.15, -0.1) is 5.10 Å². The molecule has 0 unspecified atom stereocenters. The summed E-state index contributed by atoms with van der Waals surface area (Å²) in [7, 11) is 2.05. The largest absolute Gasteiger partial charge is 0.341 e. The molecule has 0 aromatic carbocycles. The van der Waals surface area contributed by atoms with Crippen LogP contribution in [0.4, 0.5) is 5.95 Å². The molecule has 19 heavy (non-hydrogen) atoms. The summed E-state index contributed by atoms with van der Waals surface area (Å²) in [5.74, 6) is 0.758. The molecule has 5 heteroatoms. The van der Waals surface area contributed by atoms with Crippen molar-refractivity contribution in [3.63, 3.8) is 0 Å². The van der Waals surface area contributed by atoms with Crippen molar-refractivity contribution in [1.29, 1.82) is 0 Å². The van der Waals surface area contributed by atoms with Gasteiger partial charge in [0, 0.05) is 20.1 Å². The van der Waals surface area contributed by atoms with Gasteiger partial charge in [0.25, 0.3) is 0 Å². The second kappa shape index (κ2) is 6.80. The average molecular weight is 263 g/mol. The number of hydrogen-bond acceptors (Lipinski definition) is 5. The molecule has 0 spiro atoms. The zero-order valence-electron chi connectivity index (χ0n) is 12.4. The summed E-state index contributed by atoms with van der Waals surface area (Å²) in [6.45, 7) is 8.76. The van der Waals surface area contributed by atoms with Crippen molar-refractivity contribution in [2.24, 2.45) is 0 Å². The molecule has 0 amide bonds. The summed E-state index contributed by atoms with van der Waals surface area (Å²) >= 11 is 0. The van der Waals surface area contributed by atoms with Gasteiger partial charge in [-0.1, -0.05) is 13.8 Å². The van der Waals surface area contributed by atoms with Gasteiger partial charge in [-0.05, 0) is 38.8 Å². The smallest absolute Gasteiger partial charge is 0.245 e. The summed E-state index contributed by atoms with van der Waals surface area (Å²) in [6.07, 6.45) is 4.51. The molecule has 1 aliphatic heterocycles. The van der Waals surface area contributed by atoms with Gasteiger partial charge in [-0.25, -0.2) is 4.98 Å². The second-order valence-electron chi connectivity index (χ2n) is 5.18. The highest BCUT2D eigenvalue weighted by Gasteiger charge is 2.14. The molecular weight excluding hydrogens is 238 g/mol. The summed E-state index contributed by atoms with van der Waals surface area (Å²) in [6, 6.07) is 0. The molecule has 0 saturated carbocycles. The molecule has 0 bridgehead atoms. The van der Waals surface area contributed by atoms with Gasteiger partial charge in [0.05, 0.1) is 11.4 Å². The van der Waals surface area contributed by atoms with E-state index in [4.69, 9.17) is 0 Å². The highest BCUT2D eigenvalue weighted by molar-refractivity contribution is 5.29. The van der Waals surface area contributed by atoms with Crippen LogP contribution in [0.5, 0.6) is 0 Å². The summed E-state index contributed by atoms with van der Waals surface area (Å²) < 4.78 is 0. The Hall–Kier alpha value is -1.23. The molecule has 1 aromatic heterocycles. The normalized spacial score (nSPS) is 15.9. The van der Waals surface area contributed by atoms with E-state index in [-0.39, 0.29) is 0 Å². The Morgan fingerprint density at radius 1 is 1.05 bits per heavy atom. The predicted molar refractivity (Wildman–Crippen MR) is 77.5 cm³/mol. The lowest BCUT2D eigenvalue weighted by molar-refractivity contribution is 0.346. The monoisotopic (exact) mass is 263 g/mol. The van der Waals surface area contributed by atoms with E-state index in [0.717, 1.165) is 43.3 Å². The molecule has 5 nitrogen and oxygen atoms in total. The number of rotatable bonds is 6. The minimum absolute atomic E-state index is 0.758. The van der Waals surface area contributed by atoms with E-state index in [1.54, 1.807) is 0 Å². The van der Waals surface area contributed by atoms with Crippen LogP contribution < -0.4 is 4.90 Å². The van der Waals surface area contributed by atoms with E-state index in [9.17, 15) is 0 Å². The predicted octanol–water partition coefficient (Wildman–Crippen LogP) is 1.53. The van der Waals surface area contributed by atoms with Crippen LogP contribution in [0.15, 0.2) is 0 Å². The van der Waals surface area contributed by atoms with Gasteiger partial charge in [0.2, 0.25) is 5.95 Å². The summed E-state index contributed by atoms with van der Waals surface area (Å²) in [5.41, 5.74) is 2.11. The number of aromatic nitrogens is 3. The maximum atomic E-state index is 4.64. The highest BCUT2D eigenvalue weighted by atomic mass is 15.3. The number of aryl methyl sites for hydroxylation is 2. The van der Waals surface area contributed by atoms with Gasteiger partial charge >= 0.3 is 0 Å². The van der Waals surface area contributed by atoms with Crippen LogP contribution in [-0.4, -0.2) is 53.3 Å². The molecule has 0 radical (unpaired) electrons. The minimum atomic E-state index is 0.758. The fourth-order valence-corrected chi connectivity index (χ4v) is 2.49. The van der Waals surface area contributed by atoms with E-state index in [0.29, 0.717) is 0 Å². The molecule has 2 heterocycles. The number of hydrogen-bond donors (Lipinski definition) is 0. The third-order valence-electron chi connectivity index (χ3n) is 3.79. The second-order valence-corrected chi connectivity index (χ2v) is 5.18. The van der Waals surface area contributed by atoms with E-state index in [1.807, 2.05) is 0 Å². The molecule has 0 aliphatic carbocycles. The van der Waals surface area contributed by atoms with Crippen molar-refractivity contribution in [1.82, 2.24) is 20.1 Å². The first-order valence-corrected chi connectivity index (χ1v) is 7.40. The van der Waals surface area contributed by atoms with Gasteiger partial charge in [-0.3, -0.25) is 0 Å². The van der Waals surface area contributed by atoms with Crippen molar-refractivity contribution in [2.75, 3.05) is 38.1 Å². The SMILES string of the molecule is CCc1nnc(N(C)CCN2CCCC2)nc1CC. The maximum absolute atomic E-state index is 4.64. The number of likely N-dealkylation sites (tertiary alicyclic amines) is 1. The average Bonchev–Trinajstić information content (AvgIpc) is 2.97. The van der Waals surface area contributed by atoms with Crippen molar-refractivity contribution in [3.8, 4) is 0 Å². The number of likely N-dealkylation sites (N-methyl/N-ethyl adjacent to an activating group) is 1. The van der Waals surface area contributed by atoms with Crippen LogP contribution >= 0.6 is 0 Å². The minimum Gasteiger partial charge on any atom is -0.341 e. The van der Waals surface area contributed by atoms with Gasteiger partial charge in [-0.2, -0.15) is 5.10 Å². The Kier molecular flexibility index (Phi) is 5.07. The van der Waals surface area contributed by atoms with E-state index >= 15 is 0 Å². The fourth-order valence-electron chi connectivity index (χ4n) is 2.49. The van der Waals surface area contributed by atoms with Crippen LogP contribution in [0.1, 0.15) is 38.1 Å². The van der Waals surface area contributed by atoms with Crippen molar-refractivity contribution in [3.05, 3.63) is 11.4 Å². The molecule has 106 valence electrons. The van der Waals surface area contributed by atoms with Crippen LogP contribution in [0, 0.1) is 0 Å². The fraction of sp³-hybridized carbons (Fsp3) is 0.786. The number of anilines is 1. The quantitative estimate of drug-likeness (QED) is 0.779. The molecular formula is C14H25N5. The Labute approximate surface area is 116 Å². The van der Waals surface area contributed by atoms with Gasteiger partial charge in [0.1, 0.15) is 0 Å². The lowest BCUT2D eigenvalue weighted by Gasteiger charge is -2.21. The summed E-state index contributed by atoms with van der Waals surface area (Å²) in [5, 5.41) is 8.55. The Bertz CT molecular complexity index is 401. The first-order chi connectivity index (χ1) is 9.24.